The zero-order valence-electron chi connectivity index (χ0n) is 21.2. The van der Waals surface area contributed by atoms with Crippen LogP contribution in [0.1, 0.15) is 68.0 Å². The Morgan fingerprint density at radius 1 is 1.05 bits per heavy atom. The van der Waals surface area contributed by atoms with Crippen LogP contribution in [-0.4, -0.2) is 72.4 Å². The number of pyridine rings is 1. The minimum atomic E-state index is -3.14. The average Bonchev–Trinajstić information content (AvgIpc) is 2.88. The van der Waals surface area contributed by atoms with Gasteiger partial charge < -0.3 is 36.2 Å². The summed E-state index contributed by atoms with van der Waals surface area (Å²) in [4.78, 5) is 29.9. The predicted octanol–water partition coefficient (Wildman–Crippen LogP) is 1.07. The number of aliphatic hydroxyl groups is 5. The molecule has 0 spiro atoms. The van der Waals surface area contributed by atoms with Crippen LogP contribution in [0.4, 0.5) is 8.78 Å². The molecule has 10 nitrogen and oxygen atoms in total. The topological polar surface area (TPSA) is 172 Å². The summed E-state index contributed by atoms with van der Waals surface area (Å²) in [5.41, 5.74) is -3.57. The summed E-state index contributed by atoms with van der Waals surface area (Å²) < 4.78 is 27.7. The molecule has 2 amide bonds. The summed E-state index contributed by atoms with van der Waals surface area (Å²) in [5, 5.41) is 57.4. The third-order valence-electron chi connectivity index (χ3n) is 6.10. The zero-order chi connectivity index (χ0) is 28.5. The highest BCUT2D eigenvalue weighted by molar-refractivity contribution is 5.97. The molecular weight excluding hydrogens is 504 g/mol. The van der Waals surface area contributed by atoms with Crippen molar-refractivity contribution in [3.63, 3.8) is 0 Å². The third-order valence-corrected chi connectivity index (χ3v) is 6.10. The fraction of sp³-hybridized carbons (Fsp3) is 0.500. The summed E-state index contributed by atoms with van der Waals surface area (Å²) in [6.07, 6.45) is -2.71. The Bertz CT molecular complexity index is 1040. The van der Waals surface area contributed by atoms with Crippen molar-refractivity contribution < 1.29 is 43.9 Å². The fourth-order valence-corrected chi connectivity index (χ4v) is 3.88. The number of carbonyl (C=O) groups is 2. The van der Waals surface area contributed by atoms with Crippen LogP contribution in [0.15, 0.2) is 42.7 Å². The van der Waals surface area contributed by atoms with E-state index in [1.165, 1.54) is 24.5 Å². The Morgan fingerprint density at radius 2 is 1.71 bits per heavy atom. The number of halogens is 2. The molecule has 2 rings (SSSR count). The van der Waals surface area contributed by atoms with Crippen LogP contribution < -0.4 is 10.6 Å². The molecule has 12 heteroatoms. The Morgan fingerprint density at radius 3 is 2.26 bits per heavy atom. The van der Waals surface area contributed by atoms with Crippen molar-refractivity contribution in [3.05, 3.63) is 65.5 Å². The molecule has 1 aromatic carbocycles. The predicted molar refractivity (Wildman–Crippen MR) is 132 cm³/mol. The van der Waals surface area contributed by atoms with Crippen LogP contribution in [0.5, 0.6) is 0 Å². The smallest absolute Gasteiger partial charge is 0.253 e. The van der Waals surface area contributed by atoms with Crippen LogP contribution in [0.3, 0.4) is 0 Å². The second-order valence-corrected chi connectivity index (χ2v) is 9.21. The van der Waals surface area contributed by atoms with Gasteiger partial charge in [0.2, 0.25) is 5.91 Å². The van der Waals surface area contributed by atoms with E-state index in [4.69, 9.17) is 0 Å². The Labute approximate surface area is 219 Å². The molecule has 0 saturated heterocycles. The fourth-order valence-electron chi connectivity index (χ4n) is 3.88. The van der Waals surface area contributed by atoms with E-state index in [9.17, 15) is 43.9 Å². The lowest BCUT2D eigenvalue weighted by molar-refractivity contribution is -0.210. The molecule has 0 bridgehead atoms. The Balaban J connectivity index is 2.41. The largest absolute Gasteiger partial charge is 0.391 e. The molecule has 0 radical (unpaired) electrons. The first-order valence-electron chi connectivity index (χ1n) is 12.3. The van der Waals surface area contributed by atoms with Gasteiger partial charge >= 0.3 is 0 Å². The van der Waals surface area contributed by atoms with E-state index >= 15 is 0 Å². The van der Waals surface area contributed by atoms with Crippen molar-refractivity contribution in [1.82, 2.24) is 15.6 Å². The summed E-state index contributed by atoms with van der Waals surface area (Å²) in [6.45, 7) is 3.06. The molecule has 0 saturated carbocycles. The zero-order valence-corrected chi connectivity index (χ0v) is 21.2. The molecule has 6 atom stereocenters. The number of nitrogens with zero attached hydrogens (tertiary/aromatic N) is 1. The normalized spacial score (nSPS) is 17.0. The van der Waals surface area contributed by atoms with E-state index in [1.54, 1.807) is 0 Å². The lowest BCUT2D eigenvalue weighted by atomic mass is 9.88. The molecule has 0 aliphatic carbocycles. The summed E-state index contributed by atoms with van der Waals surface area (Å²) in [6, 6.07) is 3.55. The first-order valence-corrected chi connectivity index (χ1v) is 12.3. The van der Waals surface area contributed by atoms with E-state index in [1.807, 2.05) is 12.2 Å². The molecule has 0 fully saturated rings. The molecule has 38 heavy (non-hydrogen) atoms. The molecular formula is C26H35F2N3O7. The van der Waals surface area contributed by atoms with Crippen LogP contribution >= 0.6 is 0 Å². The third kappa shape index (κ3) is 8.23. The molecule has 1 unspecified atom stereocenters. The van der Waals surface area contributed by atoms with Crippen molar-refractivity contribution in [2.75, 3.05) is 0 Å². The lowest BCUT2D eigenvalue weighted by Crippen LogP contribution is -2.67. The van der Waals surface area contributed by atoms with E-state index in [-0.39, 0.29) is 12.0 Å². The second-order valence-electron chi connectivity index (χ2n) is 9.21. The van der Waals surface area contributed by atoms with E-state index in [0.29, 0.717) is 24.6 Å². The highest BCUT2D eigenvalue weighted by Crippen LogP contribution is 2.30. The van der Waals surface area contributed by atoms with Gasteiger partial charge in [0.15, 0.2) is 5.72 Å². The van der Waals surface area contributed by atoms with Gasteiger partial charge in [-0.25, -0.2) is 8.78 Å². The highest BCUT2D eigenvalue weighted by atomic mass is 19.1. The van der Waals surface area contributed by atoms with E-state index < -0.39 is 65.2 Å². The first kappa shape index (κ1) is 31.2. The Hall–Kier alpha value is -3.03. The quantitative estimate of drug-likeness (QED) is 0.138. The maximum Gasteiger partial charge on any atom is 0.253 e. The van der Waals surface area contributed by atoms with Gasteiger partial charge in [-0.3, -0.25) is 14.6 Å². The van der Waals surface area contributed by atoms with Crippen LogP contribution in [0, 0.1) is 11.6 Å². The number of hydrogen-bond donors (Lipinski definition) is 7. The van der Waals surface area contributed by atoms with E-state index in [2.05, 4.69) is 10.3 Å². The lowest BCUT2D eigenvalue weighted by Gasteiger charge is -2.41. The monoisotopic (exact) mass is 539 g/mol. The molecule has 2 aromatic rings. The van der Waals surface area contributed by atoms with Gasteiger partial charge in [0.25, 0.3) is 5.91 Å². The SMILES string of the molecule is CCCCCC[C@@H](NC(=O)c1cccnc1)C(=O)N[C@](O)(C(O)c1cc(F)cc(F)c1)[C@@H](O)[C@H](O)[C@@H](C)O. The number of amides is 2. The van der Waals surface area contributed by atoms with Gasteiger partial charge in [-0.2, -0.15) is 0 Å². The van der Waals surface area contributed by atoms with Gasteiger partial charge in [0, 0.05) is 18.5 Å². The minimum absolute atomic E-state index is 0.105. The summed E-state index contributed by atoms with van der Waals surface area (Å²) >= 11 is 0. The molecule has 7 N–H and O–H groups in total. The van der Waals surface area contributed by atoms with Crippen LogP contribution in [0.2, 0.25) is 0 Å². The molecule has 1 heterocycles. The van der Waals surface area contributed by atoms with Gasteiger partial charge in [0.1, 0.15) is 36.0 Å². The van der Waals surface area contributed by atoms with Crippen molar-refractivity contribution in [3.8, 4) is 0 Å². The van der Waals surface area contributed by atoms with Crippen molar-refractivity contribution in [2.45, 2.75) is 82.1 Å². The molecule has 210 valence electrons. The van der Waals surface area contributed by atoms with Gasteiger partial charge in [0.05, 0.1) is 11.7 Å². The second kappa shape index (κ2) is 14.2. The number of aromatic nitrogens is 1. The van der Waals surface area contributed by atoms with Crippen molar-refractivity contribution >= 4 is 11.8 Å². The molecule has 1 aromatic heterocycles. The van der Waals surface area contributed by atoms with Gasteiger partial charge in [-0.15, -0.1) is 0 Å². The summed E-state index contributed by atoms with van der Waals surface area (Å²) in [7, 11) is 0. The van der Waals surface area contributed by atoms with Crippen molar-refractivity contribution in [2.24, 2.45) is 0 Å². The number of benzene rings is 1. The minimum Gasteiger partial charge on any atom is -0.391 e. The molecule has 0 aliphatic heterocycles. The van der Waals surface area contributed by atoms with Gasteiger partial charge in [-0.05, 0) is 43.2 Å². The van der Waals surface area contributed by atoms with Crippen LogP contribution in [-0.2, 0) is 4.79 Å². The molecule has 0 aliphatic rings. The van der Waals surface area contributed by atoms with Crippen LogP contribution in [0.25, 0.3) is 0 Å². The van der Waals surface area contributed by atoms with Gasteiger partial charge in [-0.1, -0.05) is 32.6 Å². The van der Waals surface area contributed by atoms with E-state index in [0.717, 1.165) is 26.2 Å². The summed E-state index contributed by atoms with van der Waals surface area (Å²) in [5.74, 6) is -3.95. The number of aliphatic hydroxyl groups excluding tert-OH is 4. The van der Waals surface area contributed by atoms with Crippen molar-refractivity contribution in [1.29, 1.82) is 0 Å². The number of unbranched alkanes of at least 4 members (excludes halogenated alkanes) is 3. The number of nitrogens with one attached hydrogen (secondary N) is 2. The number of rotatable bonds is 14. The number of carbonyl (C=O) groups excluding carboxylic acids is 2. The first-order chi connectivity index (χ1) is 17.9. The average molecular weight is 540 g/mol. The Kier molecular flexibility index (Phi) is 11.7. The highest BCUT2D eigenvalue weighted by Gasteiger charge is 2.50. The standard InChI is InChI=1S/C26H35F2N3O7/c1-3-4-5-6-9-20(30-24(36)16-8-7-10-29-14-16)25(37)31-26(38,23(35)21(33)15(2)32)22(34)17-11-18(27)13-19(28)12-17/h7-8,10-15,20-23,32-35,38H,3-6,9H2,1-2H3,(H,30,36)(H,31,37)/t15-,20-,21-,22?,23+,26+/m1/s1. The maximum absolute atomic E-state index is 13.8. The number of hydrogen-bond acceptors (Lipinski definition) is 8. The maximum atomic E-state index is 13.8.